The molecule has 2 fully saturated rings. The maximum atomic E-state index is 12.8. The molecule has 184 valence electrons. The smallest absolute Gasteiger partial charge is 0.321 e. The van der Waals surface area contributed by atoms with Crippen molar-refractivity contribution in [3.8, 4) is 5.75 Å². The molecule has 9 nitrogen and oxygen atoms in total. The van der Waals surface area contributed by atoms with Gasteiger partial charge in [-0.15, -0.1) is 0 Å². The molecule has 0 saturated carbocycles. The van der Waals surface area contributed by atoms with Crippen LogP contribution in [0.2, 0.25) is 0 Å². The zero-order valence-corrected chi connectivity index (χ0v) is 20.4. The van der Waals surface area contributed by atoms with E-state index in [-0.39, 0.29) is 11.9 Å². The minimum Gasteiger partial charge on any atom is -0.497 e. The Morgan fingerprint density at radius 2 is 1.66 bits per heavy atom. The largest absolute Gasteiger partial charge is 0.497 e. The molecule has 0 radical (unpaired) electrons. The van der Waals surface area contributed by atoms with Gasteiger partial charge in [0, 0.05) is 57.6 Å². The van der Waals surface area contributed by atoms with Gasteiger partial charge in [-0.25, -0.2) is 9.78 Å². The van der Waals surface area contributed by atoms with E-state index in [1.165, 1.54) is 0 Å². The Bertz CT molecular complexity index is 1210. The number of urea groups is 1. The highest BCUT2D eigenvalue weighted by Gasteiger charge is 2.24. The van der Waals surface area contributed by atoms with Crippen molar-refractivity contribution in [1.82, 2.24) is 24.3 Å². The Morgan fingerprint density at radius 1 is 0.943 bits per heavy atom. The molecule has 0 aliphatic carbocycles. The number of carbonyl (C=O) groups is 2. The molecule has 0 unspecified atom stereocenters. The quantitative estimate of drug-likeness (QED) is 0.612. The Balaban J connectivity index is 1.18. The molecule has 5 rings (SSSR count). The van der Waals surface area contributed by atoms with Crippen molar-refractivity contribution >= 4 is 28.7 Å². The maximum Gasteiger partial charge on any atom is 0.321 e. The summed E-state index contributed by atoms with van der Waals surface area (Å²) >= 11 is 0. The van der Waals surface area contributed by atoms with Gasteiger partial charge in [0.25, 0.3) is 5.91 Å². The number of ether oxygens (including phenoxy) is 1. The number of likely N-dealkylation sites (tertiary alicyclic amines) is 1. The standard InChI is InChI=1S/C26H32N6O3/c1-29-23-10-5-19(25(33)31-11-3-4-12-31)17-22(23)28-24(29)18-30-13-15-32(16-14-30)26(34)27-20-6-8-21(35-2)9-7-20/h5-10,17H,3-4,11-16,18H2,1-2H3,(H,27,34). The summed E-state index contributed by atoms with van der Waals surface area (Å²) in [5.41, 5.74) is 3.33. The summed E-state index contributed by atoms with van der Waals surface area (Å²) in [7, 11) is 3.64. The number of carbonyl (C=O) groups excluding carboxylic acids is 2. The van der Waals surface area contributed by atoms with Crippen molar-refractivity contribution in [1.29, 1.82) is 0 Å². The number of rotatable bonds is 5. The highest BCUT2D eigenvalue weighted by molar-refractivity contribution is 5.97. The summed E-state index contributed by atoms with van der Waals surface area (Å²) in [6.45, 7) is 5.24. The second-order valence-corrected chi connectivity index (χ2v) is 9.21. The van der Waals surface area contributed by atoms with Crippen LogP contribution in [-0.2, 0) is 13.6 Å². The van der Waals surface area contributed by atoms with Gasteiger partial charge < -0.3 is 24.4 Å². The number of methoxy groups -OCH3 is 1. The number of aromatic nitrogens is 2. The molecule has 35 heavy (non-hydrogen) atoms. The molecule has 1 aromatic heterocycles. The molecule has 9 heteroatoms. The van der Waals surface area contributed by atoms with E-state index in [4.69, 9.17) is 9.72 Å². The molecule has 0 bridgehead atoms. The van der Waals surface area contributed by atoms with Crippen LogP contribution in [0.3, 0.4) is 0 Å². The van der Waals surface area contributed by atoms with Crippen molar-refractivity contribution < 1.29 is 14.3 Å². The fraction of sp³-hybridized carbons (Fsp3) is 0.423. The van der Waals surface area contributed by atoms with Gasteiger partial charge in [0.05, 0.1) is 24.7 Å². The average molecular weight is 477 g/mol. The van der Waals surface area contributed by atoms with E-state index >= 15 is 0 Å². The molecule has 2 aliphatic heterocycles. The Labute approximate surface area is 205 Å². The van der Waals surface area contributed by atoms with Crippen LogP contribution in [0.5, 0.6) is 5.75 Å². The molecule has 0 spiro atoms. The highest BCUT2D eigenvalue weighted by atomic mass is 16.5. The molecule has 2 saturated heterocycles. The number of nitrogens with zero attached hydrogens (tertiary/aromatic N) is 5. The molecule has 2 aromatic carbocycles. The van der Waals surface area contributed by atoms with Crippen molar-refractivity contribution in [3.63, 3.8) is 0 Å². The number of piperazine rings is 1. The number of hydrogen-bond acceptors (Lipinski definition) is 5. The fourth-order valence-corrected chi connectivity index (χ4v) is 4.81. The normalized spacial score (nSPS) is 16.6. The first-order valence-electron chi connectivity index (χ1n) is 12.2. The molecular weight excluding hydrogens is 444 g/mol. The van der Waals surface area contributed by atoms with Gasteiger partial charge in [0.2, 0.25) is 0 Å². The Hall–Kier alpha value is -3.59. The lowest BCUT2D eigenvalue weighted by atomic mass is 10.2. The number of anilines is 1. The van der Waals surface area contributed by atoms with Crippen LogP contribution >= 0.6 is 0 Å². The lowest BCUT2D eigenvalue weighted by molar-refractivity contribution is 0.0793. The number of nitrogens with one attached hydrogen (secondary N) is 1. The lowest BCUT2D eigenvalue weighted by Crippen LogP contribution is -2.49. The van der Waals surface area contributed by atoms with Crippen LogP contribution in [0, 0.1) is 0 Å². The predicted octanol–water partition coefficient (Wildman–Crippen LogP) is 3.17. The minimum absolute atomic E-state index is 0.0901. The summed E-state index contributed by atoms with van der Waals surface area (Å²) in [6.07, 6.45) is 2.16. The van der Waals surface area contributed by atoms with E-state index in [9.17, 15) is 9.59 Å². The van der Waals surface area contributed by atoms with Crippen LogP contribution in [-0.4, -0.2) is 82.6 Å². The molecule has 2 aliphatic rings. The van der Waals surface area contributed by atoms with Crippen LogP contribution in [0.15, 0.2) is 42.5 Å². The second kappa shape index (κ2) is 9.95. The van der Waals surface area contributed by atoms with Crippen LogP contribution in [0.1, 0.15) is 29.0 Å². The predicted molar refractivity (Wildman–Crippen MR) is 135 cm³/mol. The summed E-state index contributed by atoms with van der Waals surface area (Å²) < 4.78 is 7.26. The first-order valence-corrected chi connectivity index (χ1v) is 12.2. The third-order valence-electron chi connectivity index (χ3n) is 6.98. The van der Waals surface area contributed by atoms with Gasteiger partial charge in [0.15, 0.2) is 0 Å². The molecule has 3 aromatic rings. The first-order chi connectivity index (χ1) is 17.0. The van der Waals surface area contributed by atoms with E-state index in [1.54, 1.807) is 7.11 Å². The maximum absolute atomic E-state index is 12.8. The van der Waals surface area contributed by atoms with Crippen LogP contribution in [0.4, 0.5) is 10.5 Å². The SMILES string of the molecule is COc1ccc(NC(=O)N2CCN(Cc3nc4cc(C(=O)N5CCCC5)ccc4n3C)CC2)cc1. The minimum atomic E-state index is -0.0901. The monoisotopic (exact) mass is 476 g/mol. The molecule has 1 N–H and O–H groups in total. The van der Waals surface area contributed by atoms with Gasteiger partial charge in [0.1, 0.15) is 11.6 Å². The third kappa shape index (κ3) is 4.95. The van der Waals surface area contributed by atoms with Gasteiger partial charge >= 0.3 is 6.03 Å². The topological polar surface area (TPSA) is 82.9 Å². The molecule has 0 atom stereocenters. The van der Waals surface area contributed by atoms with E-state index in [2.05, 4.69) is 14.8 Å². The van der Waals surface area contributed by atoms with Crippen molar-refractivity contribution in [2.45, 2.75) is 19.4 Å². The average Bonchev–Trinajstić information content (AvgIpc) is 3.53. The van der Waals surface area contributed by atoms with Crippen LogP contribution in [0.25, 0.3) is 11.0 Å². The van der Waals surface area contributed by atoms with Crippen molar-refractivity contribution in [2.75, 3.05) is 51.7 Å². The van der Waals surface area contributed by atoms with Gasteiger partial charge in [-0.2, -0.15) is 0 Å². The summed E-state index contributed by atoms with van der Waals surface area (Å²) in [5, 5.41) is 2.95. The number of benzene rings is 2. The zero-order chi connectivity index (χ0) is 24.4. The highest BCUT2D eigenvalue weighted by Crippen LogP contribution is 2.21. The lowest BCUT2D eigenvalue weighted by Gasteiger charge is -2.34. The summed E-state index contributed by atoms with van der Waals surface area (Å²) in [4.78, 5) is 36.4. The number of imidazole rings is 1. The number of amides is 3. The van der Waals surface area contributed by atoms with E-state index in [0.717, 1.165) is 67.3 Å². The fourth-order valence-electron chi connectivity index (χ4n) is 4.81. The van der Waals surface area contributed by atoms with Gasteiger partial charge in [-0.1, -0.05) is 0 Å². The molecule has 3 heterocycles. The number of aryl methyl sites for hydroxylation is 1. The number of hydrogen-bond donors (Lipinski definition) is 1. The molecular formula is C26H32N6O3. The second-order valence-electron chi connectivity index (χ2n) is 9.21. The van der Waals surface area contributed by atoms with Gasteiger partial charge in [-0.3, -0.25) is 9.69 Å². The van der Waals surface area contributed by atoms with Crippen LogP contribution < -0.4 is 10.1 Å². The Kier molecular flexibility index (Phi) is 6.59. The Morgan fingerprint density at radius 3 is 2.34 bits per heavy atom. The van der Waals surface area contributed by atoms with Crippen molar-refractivity contribution in [2.24, 2.45) is 7.05 Å². The van der Waals surface area contributed by atoms with E-state index in [0.29, 0.717) is 25.2 Å². The van der Waals surface area contributed by atoms with Crippen molar-refractivity contribution in [3.05, 3.63) is 53.9 Å². The third-order valence-corrected chi connectivity index (χ3v) is 6.98. The zero-order valence-electron chi connectivity index (χ0n) is 20.4. The van der Waals surface area contributed by atoms with Gasteiger partial charge in [-0.05, 0) is 55.3 Å². The first kappa shape index (κ1) is 23.2. The molecule has 3 amide bonds. The summed E-state index contributed by atoms with van der Waals surface area (Å²) in [6, 6.07) is 13.1. The summed E-state index contributed by atoms with van der Waals surface area (Å²) in [5.74, 6) is 1.82. The number of fused-ring (bicyclic) bond motifs is 1. The van der Waals surface area contributed by atoms with E-state index < -0.39 is 0 Å². The van der Waals surface area contributed by atoms with E-state index in [1.807, 2.05) is 59.3 Å².